The van der Waals surface area contributed by atoms with Gasteiger partial charge in [-0.2, -0.15) is 0 Å². The molecule has 0 saturated carbocycles. The van der Waals surface area contributed by atoms with E-state index in [4.69, 9.17) is 27.3 Å². The van der Waals surface area contributed by atoms with Gasteiger partial charge in [0.25, 0.3) is 0 Å². The molecule has 0 bridgehead atoms. The summed E-state index contributed by atoms with van der Waals surface area (Å²) in [7, 11) is 0. The maximum atomic E-state index is 8.59. The van der Waals surface area contributed by atoms with Crippen LogP contribution in [0.2, 0.25) is 5.02 Å². The first kappa shape index (κ1) is 14.6. The molecule has 0 unspecified atom stereocenters. The van der Waals surface area contributed by atoms with Gasteiger partial charge in [0.15, 0.2) is 5.84 Å². The Kier molecular flexibility index (Phi) is 5.78. The van der Waals surface area contributed by atoms with Crippen molar-refractivity contribution in [3.63, 3.8) is 0 Å². The molecule has 1 aromatic carbocycles. The molecular formula is C13H19ClN2O2. The number of amidine groups is 1. The number of hydrogen-bond donors (Lipinski definition) is 2. The van der Waals surface area contributed by atoms with E-state index in [1.165, 1.54) is 0 Å². The predicted octanol–water partition coefficient (Wildman–Crippen LogP) is 3.25. The van der Waals surface area contributed by atoms with Crippen molar-refractivity contribution in [2.24, 2.45) is 16.8 Å². The van der Waals surface area contributed by atoms with Gasteiger partial charge in [-0.05, 0) is 24.1 Å². The van der Waals surface area contributed by atoms with Crippen molar-refractivity contribution in [2.75, 3.05) is 6.61 Å². The summed E-state index contributed by atoms with van der Waals surface area (Å²) in [6, 6.07) is 5.12. The molecule has 1 rings (SSSR count). The molecular weight excluding hydrogens is 252 g/mol. The predicted molar refractivity (Wildman–Crippen MR) is 73.5 cm³/mol. The van der Waals surface area contributed by atoms with Crippen molar-refractivity contribution in [3.05, 3.63) is 28.8 Å². The number of halogens is 1. The third-order valence-corrected chi connectivity index (χ3v) is 3.28. The van der Waals surface area contributed by atoms with Crippen LogP contribution in [0.3, 0.4) is 0 Å². The molecule has 0 saturated heterocycles. The normalized spacial score (nSPS) is 11.9. The van der Waals surface area contributed by atoms with Crippen LogP contribution in [0.1, 0.15) is 32.3 Å². The van der Waals surface area contributed by atoms with Crippen molar-refractivity contribution < 1.29 is 9.94 Å². The Hall–Kier alpha value is -1.42. The summed E-state index contributed by atoms with van der Waals surface area (Å²) in [4.78, 5) is 0. The summed E-state index contributed by atoms with van der Waals surface area (Å²) in [6.45, 7) is 4.96. The monoisotopic (exact) mass is 270 g/mol. The molecule has 0 amide bonds. The van der Waals surface area contributed by atoms with Gasteiger partial charge < -0.3 is 15.7 Å². The Morgan fingerprint density at radius 3 is 2.61 bits per heavy atom. The quantitative estimate of drug-likeness (QED) is 0.361. The summed E-state index contributed by atoms with van der Waals surface area (Å²) in [5.41, 5.74) is 5.98. The van der Waals surface area contributed by atoms with Crippen LogP contribution in [0.25, 0.3) is 0 Å². The zero-order valence-electron chi connectivity index (χ0n) is 10.7. The maximum absolute atomic E-state index is 8.59. The Bertz CT molecular complexity index is 417. The van der Waals surface area contributed by atoms with Gasteiger partial charge in [-0.1, -0.05) is 43.4 Å². The second-order valence-corrected chi connectivity index (χ2v) is 4.53. The van der Waals surface area contributed by atoms with Crippen LogP contribution in [0.4, 0.5) is 0 Å². The smallest absolute Gasteiger partial charge is 0.171 e. The molecule has 0 atom stereocenters. The fraction of sp³-hybridized carbons (Fsp3) is 0.462. The fourth-order valence-electron chi connectivity index (χ4n) is 1.59. The van der Waals surface area contributed by atoms with Crippen LogP contribution in [0.15, 0.2) is 23.4 Å². The van der Waals surface area contributed by atoms with Gasteiger partial charge in [-0.25, -0.2) is 0 Å². The number of oxime groups is 1. The van der Waals surface area contributed by atoms with Crippen LogP contribution in [-0.2, 0) is 0 Å². The maximum Gasteiger partial charge on any atom is 0.171 e. The van der Waals surface area contributed by atoms with E-state index in [-0.39, 0.29) is 5.84 Å². The molecule has 0 aromatic heterocycles. The molecule has 0 spiro atoms. The van der Waals surface area contributed by atoms with Crippen LogP contribution in [0.5, 0.6) is 5.75 Å². The summed E-state index contributed by atoms with van der Waals surface area (Å²) in [6.07, 6.45) is 2.18. The molecule has 0 aliphatic carbocycles. The molecule has 0 heterocycles. The standard InChI is InChI=1S/C13H19ClN2O2/c1-3-9(4-2)8-18-10-5-6-11(12(14)7-10)13(15)16-17/h5-7,9,17H,3-4,8H2,1-2H3,(H2,15,16). The summed E-state index contributed by atoms with van der Waals surface area (Å²) in [5, 5.41) is 11.9. The summed E-state index contributed by atoms with van der Waals surface area (Å²) in [5.74, 6) is 1.24. The molecule has 4 nitrogen and oxygen atoms in total. The second-order valence-electron chi connectivity index (χ2n) is 4.12. The molecule has 0 radical (unpaired) electrons. The van der Waals surface area contributed by atoms with E-state index in [1.807, 2.05) is 0 Å². The lowest BCUT2D eigenvalue weighted by Crippen LogP contribution is -2.14. The molecule has 1 aromatic rings. The van der Waals surface area contributed by atoms with Crippen LogP contribution in [0, 0.1) is 5.92 Å². The van der Waals surface area contributed by atoms with E-state index < -0.39 is 0 Å². The highest BCUT2D eigenvalue weighted by atomic mass is 35.5. The first-order valence-electron chi connectivity index (χ1n) is 6.02. The van der Waals surface area contributed by atoms with Crippen LogP contribution in [-0.4, -0.2) is 17.6 Å². The highest BCUT2D eigenvalue weighted by Gasteiger charge is 2.08. The lowest BCUT2D eigenvalue weighted by Gasteiger charge is -2.14. The first-order chi connectivity index (χ1) is 8.62. The number of hydrogen-bond acceptors (Lipinski definition) is 3. The van der Waals surface area contributed by atoms with E-state index in [2.05, 4.69) is 19.0 Å². The van der Waals surface area contributed by atoms with Crippen LogP contribution < -0.4 is 10.5 Å². The number of nitrogens with two attached hydrogens (primary N) is 1. The highest BCUT2D eigenvalue weighted by molar-refractivity contribution is 6.34. The minimum Gasteiger partial charge on any atom is -0.493 e. The van der Waals surface area contributed by atoms with Gasteiger partial charge in [0.2, 0.25) is 0 Å². The number of rotatable bonds is 6. The van der Waals surface area contributed by atoms with Gasteiger partial charge in [0, 0.05) is 5.56 Å². The summed E-state index contributed by atoms with van der Waals surface area (Å²) < 4.78 is 5.67. The Morgan fingerprint density at radius 2 is 2.11 bits per heavy atom. The van der Waals surface area contributed by atoms with E-state index >= 15 is 0 Å². The van der Waals surface area contributed by atoms with Gasteiger partial charge in [0.05, 0.1) is 11.6 Å². The molecule has 5 heteroatoms. The number of ether oxygens (including phenoxy) is 1. The third kappa shape index (κ3) is 3.81. The fourth-order valence-corrected chi connectivity index (χ4v) is 1.85. The molecule has 100 valence electrons. The SMILES string of the molecule is CCC(CC)COc1ccc(/C(N)=N/O)c(Cl)c1. The van der Waals surface area contributed by atoms with Gasteiger partial charge >= 0.3 is 0 Å². The largest absolute Gasteiger partial charge is 0.493 e. The lowest BCUT2D eigenvalue weighted by atomic mass is 10.1. The third-order valence-electron chi connectivity index (χ3n) is 2.96. The minimum atomic E-state index is -0.00783. The Balaban J connectivity index is 2.73. The van der Waals surface area contributed by atoms with E-state index in [9.17, 15) is 0 Å². The van der Waals surface area contributed by atoms with Gasteiger partial charge in [0.1, 0.15) is 5.75 Å². The molecule has 0 fully saturated rings. The topological polar surface area (TPSA) is 67.8 Å². The Morgan fingerprint density at radius 1 is 1.44 bits per heavy atom. The van der Waals surface area contributed by atoms with Gasteiger partial charge in [-0.15, -0.1) is 0 Å². The van der Waals surface area contributed by atoms with Gasteiger partial charge in [-0.3, -0.25) is 0 Å². The van der Waals surface area contributed by atoms with Crippen molar-refractivity contribution in [1.82, 2.24) is 0 Å². The summed E-state index contributed by atoms with van der Waals surface area (Å²) >= 11 is 6.03. The van der Waals surface area contributed by atoms with Crippen molar-refractivity contribution in [2.45, 2.75) is 26.7 Å². The molecule has 0 aliphatic rings. The van der Waals surface area contributed by atoms with Crippen LogP contribution >= 0.6 is 11.6 Å². The average molecular weight is 271 g/mol. The lowest BCUT2D eigenvalue weighted by molar-refractivity contribution is 0.240. The van der Waals surface area contributed by atoms with E-state index in [0.717, 1.165) is 12.8 Å². The molecule has 0 aliphatic heterocycles. The van der Waals surface area contributed by atoms with Crippen molar-refractivity contribution in [3.8, 4) is 5.75 Å². The Labute approximate surface area is 112 Å². The second kappa shape index (κ2) is 7.11. The molecule has 3 N–H and O–H groups in total. The van der Waals surface area contributed by atoms with Crippen molar-refractivity contribution in [1.29, 1.82) is 0 Å². The van der Waals surface area contributed by atoms with E-state index in [0.29, 0.717) is 28.9 Å². The number of nitrogens with zero attached hydrogens (tertiary/aromatic N) is 1. The zero-order valence-corrected chi connectivity index (χ0v) is 11.4. The minimum absolute atomic E-state index is 0.00783. The molecule has 18 heavy (non-hydrogen) atoms. The first-order valence-corrected chi connectivity index (χ1v) is 6.40. The number of benzene rings is 1. The van der Waals surface area contributed by atoms with Crippen molar-refractivity contribution >= 4 is 17.4 Å². The zero-order chi connectivity index (χ0) is 13.5. The highest BCUT2D eigenvalue weighted by Crippen LogP contribution is 2.23. The average Bonchev–Trinajstić information content (AvgIpc) is 2.39. The van der Waals surface area contributed by atoms with E-state index in [1.54, 1.807) is 18.2 Å².